The maximum absolute atomic E-state index is 12.9. The van der Waals surface area contributed by atoms with Gasteiger partial charge < -0.3 is 10.6 Å². The number of hydrogen-bond acceptors (Lipinski definition) is 5. The van der Waals surface area contributed by atoms with Crippen molar-refractivity contribution in [3.8, 4) is 0 Å². The Labute approximate surface area is 197 Å². The van der Waals surface area contributed by atoms with E-state index in [1.54, 1.807) is 24.0 Å². The largest absolute Gasteiger partial charge is 0.350 e. The number of hydrogen-bond donors (Lipinski definition) is 2. The van der Waals surface area contributed by atoms with Gasteiger partial charge in [-0.15, -0.1) is 23.5 Å². The van der Waals surface area contributed by atoms with Crippen LogP contribution in [0.3, 0.4) is 0 Å². The van der Waals surface area contributed by atoms with Crippen molar-refractivity contribution in [1.29, 1.82) is 0 Å². The van der Waals surface area contributed by atoms with Gasteiger partial charge in [-0.2, -0.15) is 0 Å². The van der Waals surface area contributed by atoms with Gasteiger partial charge >= 0.3 is 0 Å². The van der Waals surface area contributed by atoms with Crippen molar-refractivity contribution in [1.82, 2.24) is 10.3 Å². The number of pyridine rings is 1. The third-order valence-corrected chi connectivity index (χ3v) is 8.87. The summed E-state index contributed by atoms with van der Waals surface area (Å²) in [5, 5.41) is 7.25. The topological polar surface area (TPSA) is 71.1 Å². The number of aromatic nitrogens is 1. The molecule has 0 unspecified atom stereocenters. The molecule has 32 heavy (non-hydrogen) atoms. The zero-order valence-corrected chi connectivity index (χ0v) is 19.9. The third-order valence-electron chi connectivity index (χ3n) is 7.14. The van der Waals surface area contributed by atoms with Crippen LogP contribution in [-0.2, 0) is 4.79 Å². The van der Waals surface area contributed by atoms with Gasteiger partial charge in [-0.1, -0.05) is 12.1 Å². The van der Waals surface area contributed by atoms with Gasteiger partial charge in [0.25, 0.3) is 5.91 Å². The molecule has 1 heterocycles. The molecule has 2 amide bonds. The highest BCUT2D eigenvalue weighted by molar-refractivity contribution is 8.00. The molecule has 2 N–H and O–H groups in total. The predicted molar refractivity (Wildman–Crippen MR) is 130 cm³/mol. The third kappa shape index (κ3) is 4.69. The number of carbonyl (C=O) groups excluding carboxylic acids is 2. The second-order valence-electron chi connectivity index (χ2n) is 9.57. The second kappa shape index (κ2) is 9.10. The van der Waals surface area contributed by atoms with Crippen molar-refractivity contribution < 1.29 is 9.59 Å². The first kappa shape index (κ1) is 21.8. The predicted octanol–water partition coefficient (Wildman–Crippen LogP) is 5.23. The van der Waals surface area contributed by atoms with E-state index < -0.39 is 0 Å². The molecule has 0 aliphatic heterocycles. The molecule has 4 aliphatic rings. The van der Waals surface area contributed by atoms with Crippen molar-refractivity contribution in [3.63, 3.8) is 0 Å². The Bertz CT molecular complexity index is 973. The average molecular weight is 468 g/mol. The van der Waals surface area contributed by atoms with Crippen molar-refractivity contribution in [3.05, 3.63) is 48.2 Å². The lowest BCUT2D eigenvalue weighted by Crippen LogP contribution is -2.60. The van der Waals surface area contributed by atoms with E-state index in [2.05, 4.69) is 15.6 Å². The van der Waals surface area contributed by atoms with Crippen LogP contribution in [0.5, 0.6) is 0 Å². The molecule has 1 aromatic carbocycles. The minimum atomic E-state index is -0.187. The van der Waals surface area contributed by atoms with Crippen LogP contribution >= 0.6 is 23.5 Å². The first-order chi connectivity index (χ1) is 15.5. The van der Waals surface area contributed by atoms with Crippen LogP contribution < -0.4 is 10.6 Å². The molecule has 0 atom stereocenters. The second-order valence-corrected chi connectivity index (χ2v) is 11.4. The molecule has 4 bridgehead atoms. The number of benzene rings is 1. The van der Waals surface area contributed by atoms with Crippen LogP contribution in [0.15, 0.2) is 52.5 Å². The Morgan fingerprint density at radius 2 is 1.72 bits per heavy atom. The highest BCUT2D eigenvalue weighted by Crippen LogP contribution is 2.55. The summed E-state index contributed by atoms with van der Waals surface area (Å²) in [6.45, 7) is 0. The lowest BCUT2D eigenvalue weighted by molar-refractivity contribution is -0.124. The zero-order chi connectivity index (χ0) is 22.1. The zero-order valence-electron chi connectivity index (χ0n) is 18.3. The molecular formula is C25H29N3O2S2. The molecule has 0 spiro atoms. The van der Waals surface area contributed by atoms with Gasteiger partial charge in [0.05, 0.1) is 28.2 Å². The monoisotopic (exact) mass is 467 g/mol. The van der Waals surface area contributed by atoms with E-state index in [4.69, 9.17) is 0 Å². The summed E-state index contributed by atoms with van der Waals surface area (Å²) in [4.78, 5) is 30.9. The normalized spacial score (nSPS) is 27.8. The molecular weight excluding hydrogens is 438 g/mol. The maximum atomic E-state index is 12.9. The van der Waals surface area contributed by atoms with E-state index in [0.29, 0.717) is 17.0 Å². The lowest BCUT2D eigenvalue weighted by atomic mass is 9.53. The number of nitrogens with zero attached hydrogens (tertiary/aromatic N) is 1. The summed E-state index contributed by atoms with van der Waals surface area (Å²) in [6, 6.07) is 11.2. The Morgan fingerprint density at radius 1 is 1.03 bits per heavy atom. The number of amides is 2. The van der Waals surface area contributed by atoms with Crippen LogP contribution in [0, 0.1) is 17.8 Å². The van der Waals surface area contributed by atoms with Crippen molar-refractivity contribution in [2.24, 2.45) is 17.8 Å². The van der Waals surface area contributed by atoms with E-state index in [0.717, 1.165) is 46.9 Å². The molecule has 5 nitrogen and oxygen atoms in total. The fraction of sp³-hybridized carbons (Fsp3) is 0.480. The molecule has 2 aromatic rings. The van der Waals surface area contributed by atoms with Gasteiger partial charge in [0.2, 0.25) is 5.91 Å². The molecule has 0 radical (unpaired) electrons. The van der Waals surface area contributed by atoms with Gasteiger partial charge in [0.15, 0.2) is 0 Å². The summed E-state index contributed by atoms with van der Waals surface area (Å²) in [7, 11) is 0. The SMILES string of the molecule is CSc1ccc(NC(=O)c2ccccc2SCC(=O)NC23CC4CC(CC(C4)C2)C3)cn1. The highest BCUT2D eigenvalue weighted by atomic mass is 32.2. The van der Waals surface area contributed by atoms with E-state index in [1.165, 1.54) is 31.0 Å². The van der Waals surface area contributed by atoms with Crippen molar-refractivity contribution in [2.75, 3.05) is 17.3 Å². The summed E-state index contributed by atoms with van der Waals surface area (Å²) in [5.41, 5.74) is 1.26. The van der Waals surface area contributed by atoms with Gasteiger partial charge in [0, 0.05) is 10.4 Å². The summed E-state index contributed by atoms with van der Waals surface area (Å²) >= 11 is 3.00. The molecule has 4 fully saturated rings. The highest BCUT2D eigenvalue weighted by Gasteiger charge is 2.51. The average Bonchev–Trinajstić information content (AvgIpc) is 2.77. The van der Waals surface area contributed by atoms with E-state index >= 15 is 0 Å². The van der Waals surface area contributed by atoms with Crippen LogP contribution in [0.4, 0.5) is 5.69 Å². The molecule has 0 saturated heterocycles. The number of anilines is 1. The summed E-state index contributed by atoms with van der Waals surface area (Å²) in [5.74, 6) is 2.64. The first-order valence-electron chi connectivity index (χ1n) is 11.4. The summed E-state index contributed by atoms with van der Waals surface area (Å²) in [6.07, 6.45) is 11.2. The fourth-order valence-corrected chi connectivity index (χ4v) is 7.50. The quantitative estimate of drug-likeness (QED) is 0.546. The molecule has 1 aromatic heterocycles. The van der Waals surface area contributed by atoms with Crippen LogP contribution in [0.1, 0.15) is 48.9 Å². The minimum Gasteiger partial charge on any atom is -0.350 e. The van der Waals surface area contributed by atoms with E-state index in [9.17, 15) is 9.59 Å². The van der Waals surface area contributed by atoms with Gasteiger partial charge in [0.1, 0.15) is 0 Å². The number of nitrogens with one attached hydrogen (secondary N) is 2. The Hall–Kier alpha value is -1.99. The number of thioether (sulfide) groups is 2. The Morgan fingerprint density at radius 3 is 2.34 bits per heavy atom. The smallest absolute Gasteiger partial charge is 0.256 e. The molecule has 4 aliphatic carbocycles. The first-order valence-corrected chi connectivity index (χ1v) is 13.6. The van der Waals surface area contributed by atoms with E-state index in [1.807, 2.05) is 36.6 Å². The van der Waals surface area contributed by atoms with Gasteiger partial charge in [-0.3, -0.25) is 9.59 Å². The standard InChI is InChI=1S/C25H29N3O2S2/c1-31-23-7-6-19(14-26-23)27-24(30)20-4-2-3-5-21(20)32-15-22(29)28-25-11-16-8-17(12-25)10-18(9-16)13-25/h2-7,14,16-18H,8-13,15H2,1H3,(H,27,30)(H,28,29). The van der Waals surface area contributed by atoms with Gasteiger partial charge in [-0.05, 0) is 86.8 Å². The van der Waals surface area contributed by atoms with Crippen molar-refractivity contribution in [2.45, 2.75) is 54.0 Å². The molecule has 4 saturated carbocycles. The van der Waals surface area contributed by atoms with Crippen LogP contribution in [0.25, 0.3) is 0 Å². The van der Waals surface area contributed by atoms with Crippen LogP contribution in [-0.4, -0.2) is 34.3 Å². The molecule has 168 valence electrons. The lowest BCUT2D eigenvalue weighted by Gasteiger charge is -2.56. The fourth-order valence-electron chi connectivity index (χ4n) is 6.29. The molecule has 7 heteroatoms. The number of rotatable bonds is 7. The number of carbonyl (C=O) groups is 2. The molecule has 6 rings (SSSR count). The Kier molecular flexibility index (Phi) is 6.21. The van der Waals surface area contributed by atoms with Crippen molar-refractivity contribution >= 4 is 41.0 Å². The van der Waals surface area contributed by atoms with Crippen LogP contribution in [0.2, 0.25) is 0 Å². The maximum Gasteiger partial charge on any atom is 0.256 e. The van der Waals surface area contributed by atoms with Gasteiger partial charge in [-0.25, -0.2) is 4.98 Å². The minimum absolute atomic E-state index is 0.0270. The summed E-state index contributed by atoms with van der Waals surface area (Å²) < 4.78 is 0. The van der Waals surface area contributed by atoms with E-state index in [-0.39, 0.29) is 17.4 Å². The Balaban J connectivity index is 1.20.